The molecule has 0 aliphatic rings. The first-order valence-corrected chi connectivity index (χ1v) is 10.8. The molecule has 1 amide bonds. The minimum Gasteiger partial charge on any atom is -0.489 e. The summed E-state index contributed by atoms with van der Waals surface area (Å²) in [7, 11) is 0. The zero-order chi connectivity index (χ0) is 21.3. The van der Waals surface area contributed by atoms with E-state index in [-0.39, 0.29) is 12.5 Å². The number of benzene rings is 3. The highest BCUT2D eigenvalue weighted by molar-refractivity contribution is 9.11. The summed E-state index contributed by atoms with van der Waals surface area (Å²) in [5.74, 6) is 0.888. The molecule has 0 atom stereocenters. The lowest BCUT2D eigenvalue weighted by molar-refractivity contribution is -0.123. The molecule has 0 aromatic heterocycles. The quantitative estimate of drug-likeness (QED) is 0.277. The Bertz CT molecular complexity index is 1040. The number of hydrazone groups is 1. The molecule has 0 spiro atoms. The third kappa shape index (κ3) is 7.16. The highest BCUT2D eigenvalue weighted by Crippen LogP contribution is 2.23. The first-order valence-electron chi connectivity index (χ1n) is 8.87. The van der Waals surface area contributed by atoms with E-state index in [1.807, 2.05) is 42.5 Å². The SMILES string of the molecule is O=C(COc1cccc(Cl)c1)N/N=C/c1ccc(OCc2ccc(Br)cc2Br)cc1. The molecule has 3 aromatic carbocycles. The van der Waals surface area contributed by atoms with E-state index in [9.17, 15) is 4.79 Å². The summed E-state index contributed by atoms with van der Waals surface area (Å²) < 4.78 is 13.1. The van der Waals surface area contributed by atoms with Gasteiger partial charge in [0, 0.05) is 19.5 Å². The van der Waals surface area contributed by atoms with Crippen LogP contribution in [0.1, 0.15) is 11.1 Å². The predicted octanol–water partition coefficient (Wildman–Crippen LogP) is 5.97. The van der Waals surface area contributed by atoms with E-state index in [1.54, 1.807) is 30.5 Å². The smallest absolute Gasteiger partial charge is 0.277 e. The lowest BCUT2D eigenvalue weighted by atomic mass is 10.2. The molecule has 0 unspecified atom stereocenters. The molecule has 0 saturated carbocycles. The first-order chi connectivity index (χ1) is 14.5. The van der Waals surface area contributed by atoms with Crippen molar-refractivity contribution in [3.63, 3.8) is 0 Å². The average molecular weight is 553 g/mol. The van der Waals surface area contributed by atoms with Crippen molar-refractivity contribution in [2.45, 2.75) is 6.61 Å². The maximum atomic E-state index is 11.8. The minimum atomic E-state index is -0.369. The summed E-state index contributed by atoms with van der Waals surface area (Å²) in [5, 5.41) is 4.48. The molecule has 0 aliphatic heterocycles. The number of halogens is 3. The maximum absolute atomic E-state index is 11.8. The van der Waals surface area contributed by atoms with E-state index in [0.717, 1.165) is 25.8 Å². The molecule has 3 rings (SSSR count). The Balaban J connectivity index is 1.44. The molecular formula is C22H17Br2ClN2O3. The standard InChI is InChI=1S/C22H17Br2ClN2O3/c23-17-7-6-16(21(24)10-17)13-29-19-8-4-15(5-9-19)12-26-27-22(28)14-30-20-3-1-2-18(25)11-20/h1-12H,13-14H2,(H,27,28)/b26-12+. The van der Waals surface area contributed by atoms with Crippen LogP contribution in [0.5, 0.6) is 11.5 Å². The molecule has 8 heteroatoms. The van der Waals surface area contributed by atoms with Gasteiger partial charge < -0.3 is 9.47 Å². The van der Waals surface area contributed by atoms with Crippen molar-refractivity contribution in [2.24, 2.45) is 5.10 Å². The molecular weight excluding hydrogens is 536 g/mol. The number of carbonyl (C=O) groups excluding carboxylic acids is 1. The summed E-state index contributed by atoms with van der Waals surface area (Å²) in [4.78, 5) is 11.8. The first kappa shape index (κ1) is 22.3. The Hall–Kier alpha value is -2.35. The van der Waals surface area contributed by atoms with Gasteiger partial charge in [0.2, 0.25) is 0 Å². The van der Waals surface area contributed by atoms with E-state index in [1.165, 1.54) is 0 Å². The molecule has 0 saturated heterocycles. The number of nitrogens with zero attached hydrogens (tertiary/aromatic N) is 1. The van der Waals surface area contributed by atoms with Gasteiger partial charge >= 0.3 is 0 Å². The van der Waals surface area contributed by atoms with Crippen LogP contribution in [0.4, 0.5) is 0 Å². The number of rotatable bonds is 8. The monoisotopic (exact) mass is 550 g/mol. The zero-order valence-electron chi connectivity index (χ0n) is 15.6. The number of ether oxygens (including phenoxy) is 2. The number of nitrogens with one attached hydrogen (secondary N) is 1. The molecule has 0 radical (unpaired) electrons. The zero-order valence-corrected chi connectivity index (χ0v) is 19.6. The van der Waals surface area contributed by atoms with Gasteiger partial charge in [0.1, 0.15) is 18.1 Å². The predicted molar refractivity (Wildman–Crippen MR) is 125 cm³/mol. The normalized spacial score (nSPS) is 10.8. The van der Waals surface area contributed by atoms with Crippen molar-refractivity contribution in [1.82, 2.24) is 5.43 Å². The molecule has 1 N–H and O–H groups in total. The van der Waals surface area contributed by atoms with E-state index in [4.69, 9.17) is 21.1 Å². The Morgan fingerprint density at radius 2 is 1.80 bits per heavy atom. The Labute approximate surface area is 196 Å². The number of hydrogen-bond donors (Lipinski definition) is 1. The van der Waals surface area contributed by atoms with Crippen LogP contribution in [0, 0.1) is 0 Å². The molecule has 30 heavy (non-hydrogen) atoms. The van der Waals surface area contributed by atoms with Crippen molar-refractivity contribution in [1.29, 1.82) is 0 Å². The molecule has 0 aliphatic carbocycles. The summed E-state index contributed by atoms with van der Waals surface area (Å²) in [6.45, 7) is 0.292. The molecule has 0 heterocycles. The van der Waals surface area contributed by atoms with E-state index in [0.29, 0.717) is 17.4 Å². The second-order valence-corrected chi connectivity index (χ2v) is 8.34. The van der Waals surface area contributed by atoms with Gasteiger partial charge in [-0.2, -0.15) is 5.10 Å². The fourth-order valence-corrected chi connectivity index (χ4v) is 3.71. The van der Waals surface area contributed by atoms with Crippen molar-refractivity contribution in [2.75, 3.05) is 6.61 Å². The molecule has 0 fully saturated rings. The van der Waals surface area contributed by atoms with Gasteiger partial charge in [-0.1, -0.05) is 55.6 Å². The van der Waals surface area contributed by atoms with Crippen LogP contribution < -0.4 is 14.9 Å². The van der Waals surface area contributed by atoms with E-state index >= 15 is 0 Å². The highest BCUT2D eigenvalue weighted by Gasteiger charge is 2.03. The lowest BCUT2D eigenvalue weighted by Gasteiger charge is -2.08. The fraction of sp³-hybridized carbons (Fsp3) is 0.0909. The highest BCUT2D eigenvalue weighted by atomic mass is 79.9. The number of amides is 1. The summed E-state index contributed by atoms with van der Waals surface area (Å²) in [6, 6.07) is 20.2. The third-order valence-corrected chi connectivity index (χ3v) is 5.32. The van der Waals surface area contributed by atoms with Crippen molar-refractivity contribution in [3.05, 3.63) is 91.8 Å². The largest absolute Gasteiger partial charge is 0.489 e. The fourth-order valence-electron chi connectivity index (χ4n) is 2.37. The van der Waals surface area contributed by atoms with Gasteiger partial charge in [-0.3, -0.25) is 4.79 Å². The van der Waals surface area contributed by atoms with Crippen LogP contribution in [0.2, 0.25) is 5.02 Å². The maximum Gasteiger partial charge on any atom is 0.277 e. The van der Waals surface area contributed by atoms with Gasteiger partial charge in [-0.25, -0.2) is 5.43 Å². The minimum absolute atomic E-state index is 0.157. The number of hydrogen-bond acceptors (Lipinski definition) is 4. The van der Waals surface area contributed by atoms with Crippen molar-refractivity contribution < 1.29 is 14.3 Å². The summed E-state index contributed by atoms with van der Waals surface area (Å²) in [6.07, 6.45) is 1.55. The number of carbonyl (C=O) groups is 1. The van der Waals surface area contributed by atoms with Crippen LogP contribution in [-0.2, 0) is 11.4 Å². The van der Waals surface area contributed by atoms with Crippen LogP contribution in [0.25, 0.3) is 0 Å². The Morgan fingerprint density at radius 3 is 2.53 bits per heavy atom. The van der Waals surface area contributed by atoms with Gasteiger partial charge in [-0.05, 0) is 60.2 Å². The van der Waals surface area contributed by atoms with E-state index in [2.05, 4.69) is 42.4 Å². The van der Waals surface area contributed by atoms with Crippen LogP contribution in [0.3, 0.4) is 0 Å². The van der Waals surface area contributed by atoms with Crippen LogP contribution >= 0.6 is 43.5 Å². The van der Waals surface area contributed by atoms with Gasteiger partial charge in [-0.15, -0.1) is 0 Å². The lowest BCUT2D eigenvalue weighted by Crippen LogP contribution is -2.24. The van der Waals surface area contributed by atoms with Crippen LogP contribution in [-0.4, -0.2) is 18.7 Å². The van der Waals surface area contributed by atoms with Crippen molar-refractivity contribution in [3.8, 4) is 11.5 Å². The van der Waals surface area contributed by atoms with E-state index < -0.39 is 0 Å². The average Bonchev–Trinajstić information content (AvgIpc) is 2.73. The summed E-state index contributed by atoms with van der Waals surface area (Å²) in [5.41, 5.74) is 4.29. The topological polar surface area (TPSA) is 59.9 Å². The van der Waals surface area contributed by atoms with Crippen molar-refractivity contribution >= 4 is 55.6 Å². The van der Waals surface area contributed by atoms with Gasteiger partial charge in [0.05, 0.1) is 6.21 Å². The molecule has 3 aromatic rings. The molecule has 5 nitrogen and oxygen atoms in total. The second kappa shape index (κ2) is 11.2. The Morgan fingerprint density at radius 1 is 1.00 bits per heavy atom. The van der Waals surface area contributed by atoms with Gasteiger partial charge in [0.25, 0.3) is 5.91 Å². The molecule has 154 valence electrons. The summed E-state index contributed by atoms with van der Waals surface area (Å²) >= 11 is 12.8. The second-order valence-electron chi connectivity index (χ2n) is 6.13. The van der Waals surface area contributed by atoms with Crippen LogP contribution in [0.15, 0.2) is 80.8 Å². The third-order valence-electron chi connectivity index (χ3n) is 3.86. The Kier molecular flexibility index (Phi) is 8.30. The van der Waals surface area contributed by atoms with Gasteiger partial charge in [0.15, 0.2) is 6.61 Å². The molecule has 0 bridgehead atoms.